The van der Waals surface area contributed by atoms with E-state index >= 15 is 0 Å². The molecule has 12 heteroatoms. The number of nitrogens with two attached hydrogens (primary N) is 2. The van der Waals surface area contributed by atoms with E-state index in [1.807, 2.05) is 0 Å². The van der Waals surface area contributed by atoms with Gasteiger partial charge in [-0.3, -0.25) is 0 Å². The molecule has 3 aromatic rings. The van der Waals surface area contributed by atoms with Gasteiger partial charge in [0.25, 0.3) is 0 Å². The predicted molar refractivity (Wildman–Crippen MR) is 113 cm³/mol. The van der Waals surface area contributed by atoms with Crippen LogP contribution in [0, 0.1) is 6.92 Å². The number of carbonyl (C=O) groups is 2. The number of halogens is 6. The van der Waals surface area contributed by atoms with Crippen molar-refractivity contribution in [3.63, 3.8) is 0 Å². The lowest BCUT2D eigenvalue weighted by molar-refractivity contribution is -0.138. The Hall–Kier alpha value is -4.22. The van der Waals surface area contributed by atoms with Crippen LogP contribution >= 0.6 is 0 Å². The standard InChI is InChI=1S/C23H16F6N2O4/c1-11-8-14(34-20(32)12-2-6-18(31)17(9-12)23(27,28)29)4-7-19(11)35-21(33)15-5-3-13(30)10-16(15)22(24,25)26/h2-10H,30-31H2,1H3. The van der Waals surface area contributed by atoms with Crippen molar-refractivity contribution in [3.05, 3.63) is 82.4 Å². The van der Waals surface area contributed by atoms with E-state index in [1.54, 1.807) is 0 Å². The second-order valence-corrected chi connectivity index (χ2v) is 7.31. The summed E-state index contributed by atoms with van der Waals surface area (Å²) in [5, 5.41) is 0. The summed E-state index contributed by atoms with van der Waals surface area (Å²) in [5.41, 5.74) is 6.48. The average Bonchev–Trinajstić information content (AvgIpc) is 2.74. The molecule has 0 unspecified atom stereocenters. The van der Waals surface area contributed by atoms with Crippen LogP contribution in [-0.2, 0) is 12.4 Å². The van der Waals surface area contributed by atoms with E-state index < -0.39 is 52.2 Å². The molecule has 0 aliphatic carbocycles. The SMILES string of the molecule is Cc1cc(OC(=O)c2ccc(N)c(C(F)(F)F)c2)ccc1OC(=O)c1ccc(N)cc1C(F)(F)F. The largest absolute Gasteiger partial charge is 0.423 e. The Kier molecular flexibility index (Phi) is 6.68. The van der Waals surface area contributed by atoms with E-state index in [-0.39, 0.29) is 22.7 Å². The number of benzene rings is 3. The molecule has 0 amide bonds. The van der Waals surface area contributed by atoms with Gasteiger partial charge < -0.3 is 20.9 Å². The smallest absolute Gasteiger partial charge is 0.418 e. The molecule has 0 aliphatic heterocycles. The van der Waals surface area contributed by atoms with E-state index in [0.717, 1.165) is 36.4 Å². The van der Waals surface area contributed by atoms with Crippen molar-refractivity contribution in [3.8, 4) is 11.5 Å². The summed E-state index contributed by atoms with van der Waals surface area (Å²) < 4.78 is 88.9. The van der Waals surface area contributed by atoms with Crippen LogP contribution in [0.4, 0.5) is 37.7 Å². The van der Waals surface area contributed by atoms with Crippen LogP contribution < -0.4 is 20.9 Å². The first kappa shape index (κ1) is 25.4. The Morgan fingerprint density at radius 3 is 2.00 bits per heavy atom. The van der Waals surface area contributed by atoms with Crippen LogP contribution in [0.2, 0.25) is 0 Å². The lowest BCUT2D eigenvalue weighted by Gasteiger charge is -2.14. The van der Waals surface area contributed by atoms with Crippen molar-refractivity contribution in [1.82, 2.24) is 0 Å². The van der Waals surface area contributed by atoms with Crippen molar-refractivity contribution in [2.45, 2.75) is 19.3 Å². The van der Waals surface area contributed by atoms with Crippen LogP contribution in [0.1, 0.15) is 37.4 Å². The topological polar surface area (TPSA) is 105 Å². The van der Waals surface area contributed by atoms with Gasteiger partial charge in [0, 0.05) is 11.4 Å². The van der Waals surface area contributed by atoms with Crippen molar-refractivity contribution < 1.29 is 45.4 Å². The monoisotopic (exact) mass is 498 g/mol. The van der Waals surface area contributed by atoms with Gasteiger partial charge in [-0.25, -0.2) is 9.59 Å². The number of carbonyl (C=O) groups excluding carboxylic acids is 2. The highest BCUT2D eigenvalue weighted by Crippen LogP contribution is 2.35. The van der Waals surface area contributed by atoms with Gasteiger partial charge >= 0.3 is 24.3 Å². The number of aryl methyl sites for hydroxylation is 1. The van der Waals surface area contributed by atoms with Gasteiger partial charge in [0.15, 0.2) is 0 Å². The Bertz CT molecular complexity index is 1300. The van der Waals surface area contributed by atoms with E-state index in [2.05, 4.69) is 0 Å². The lowest BCUT2D eigenvalue weighted by atomic mass is 10.1. The summed E-state index contributed by atoms with van der Waals surface area (Å²) in [6, 6.07) is 8.65. The Balaban J connectivity index is 1.79. The number of anilines is 2. The van der Waals surface area contributed by atoms with E-state index in [4.69, 9.17) is 20.9 Å². The maximum Gasteiger partial charge on any atom is 0.418 e. The van der Waals surface area contributed by atoms with E-state index in [1.165, 1.54) is 13.0 Å². The van der Waals surface area contributed by atoms with Crippen LogP contribution in [0.3, 0.4) is 0 Å². The minimum Gasteiger partial charge on any atom is -0.423 e. The summed E-state index contributed by atoms with van der Waals surface area (Å²) in [5.74, 6) is -2.66. The highest BCUT2D eigenvalue weighted by Gasteiger charge is 2.36. The Morgan fingerprint density at radius 2 is 1.40 bits per heavy atom. The van der Waals surface area contributed by atoms with Crippen molar-refractivity contribution in [1.29, 1.82) is 0 Å². The van der Waals surface area contributed by atoms with Gasteiger partial charge in [-0.1, -0.05) is 0 Å². The number of rotatable bonds is 4. The zero-order chi connectivity index (χ0) is 26.1. The molecule has 0 atom stereocenters. The second-order valence-electron chi connectivity index (χ2n) is 7.31. The Labute approximate surface area is 194 Å². The van der Waals surface area contributed by atoms with E-state index in [0.29, 0.717) is 12.1 Å². The first-order valence-corrected chi connectivity index (χ1v) is 9.65. The van der Waals surface area contributed by atoms with Gasteiger partial charge in [0.2, 0.25) is 0 Å². The molecule has 0 bridgehead atoms. The molecule has 0 radical (unpaired) electrons. The number of nitrogen functional groups attached to an aromatic ring is 2. The minimum absolute atomic E-state index is 0.110. The van der Waals surface area contributed by atoms with Crippen LogP contribution in [0.15, 0.2) is 54.6 Å². The predicted octanol–water partition coefficient (Wildman–Crippen LogP) is 5.64. The zero-order valence-corrected chi connectivity index (χ0v) is 17.8. The summed E-state index contributed by atoms with van der Waals surface area (Å²) in [6.45, 7) is 1.42. The minimum atomic E-state index is -4.86. The molecule has 0 fully saturated rings. The summed E-state index contributed by atoms with van der Waals surface area (Å²) >= 11 is 0. The molecule has 3 aromatic carbocycles. The molecule has 6 nitrogen and oxygen atoms in total. The maximum atomic E-state index is 13.3. The Morgan fingerprint density at radius 1 is 0.743 bits per heavy atom. The van der Waals surface area contributed by atoms with E-state index in [9.17, 15) is 35.9 Å². The van der Waals surface area contributed by atoms with Gasteiger partial charge in [-0.2, -0.15) is 26.3 Å². The quantitative estimate of drug-likeness (QED) is 0.209. The van der Waals surface area contributed by atoms with Gasteiger partial charge in [0.05, 0.1) is 22.3 Å². The maximum absolute atomic E-state index is 13.3. The third-order valence-corrected chi connectivity index (χ3v) is 4.72. The second kappa shape index (κ2) is 9.20. The molecule has 0 saturated heterocycles. The molecule has 0 spiro atoms. The van der Waals surface area contributed by atoms with Gasteiger partial charge in [-0.05, 0) is 67.1 Å². The average molecular weight is 498 g/mol. The van der Waals surface area contributed by atoms with Crippen LogP contribution in [-0.4, -0.2) is 11.9 Å². The molecule has 3 rings (SSSR count). The van der Waals surface area contributed by atoms with Crippen molar-refractivity contribution in [2.24, 2.45) is 0 Å². The number of alkyl halides is 6. The number of ether oxygens (including phenoxy) is 2. The normalized spacial score (nSPS) is 11.7. The molecule has 0 heterocycles. The number of hydrogen-bond acceptors (Lipinski definition) is 6. The zero-order valence-electron chi connectivity index (χ0n) is 17.8. The molecular weight excluding hydrogens is 482 g/mol. The third kappa shape index (κ3) is 5.83. The van der Waals surface area contributed by atoms with Crippen molar-refractivity contribution in [2.75, 3.05) is 11.5 Å². The highest BCUT2D eigenvalue weighted by molar-refractivity contribution is 5.94. The molecule has 0 aliphatic rings. The number of hydrogen-bond donors (Lipinski definition) is 2. The first-order chi connectivity index (χ1) is 16.2. The fourth-order valence-electron chi connectivity index (χ4n) is 3.02. The summed E-state index contributed by atoms with van der Waals surface area (Å²) in [4.78, 5) is 24.7. The lowest BCUT2D eigenvalue weighted by Crippen LogP contribution is -2.17. The van der Waals surface area contributed by atoms with Crippen LogP contribution in [0.25, 0.3) is 0 Å². The van der Waals surface area contributed by atoms with Crippen molar-refractivity contribution >= 4 is 23.3 Å². The molecule has 0 aromatic heterocycles. The summed E-state index contributed by atoms with van der Waals surface area (Å²) in [6.07, 6.45) is -9.64. The fourth-order valence-corrected chi connectivity index (χ4v) is 3.02. The number of esters is 2. The third-order valence-electron chi connectivity index (χ3n) is 4.72. The molecule has 4 N–H and O–H groups in total. The summed E-state index contributed by atoms with van der Waals surface area (Å²) in [7, 11) is 0. The van der Waals surface area contributed by atoms with Gasteiger partial charge in [0.1, 0.15) is 11.5 Å². The van der Waals surface area contributed by atoms with Gasteiger partial charge in [-0.15, -0.1) is 0 Å². The molecule has 0 saturated carbocycles. The first-order valence-electron chi connectivity index (χ1n) is 9.65. The fraction of sp³-hybridized carbons (Fsp3) is 0.130. The molecular formula is C23H16F6N2O4. The highest BCUT2D eigenvalue weighted by atomic mass is 19.4. The van der Waals surface area contributed by atoms with Crippen LogP contribution in [0.5, 0.6) is 11.5 Å². The molecule has 184 valence electrons. The molecule has 35 heavy (non-hydrogen) atoms.